The van der Waals surface area contributed by atoms with Gasteiger partial charge >= 0.3 is 6.09 Å². The molecule has 9 nitrogen and oxygen atoms in total. The smallest absolute Gasteiger partial charge is 0.410 e. The molecule has 3 heterocycles. The maximum absolute atomic E-state index is 13.7. The van der Waals surface area contributed by atoms with Gasteiger partial charge in [-0.05, 0) is 94.0 Å². The molecule has 6 bridgehead atoms. The van der Waals surface area contributed by atoms with Gasteiger partial charge < -0.3 is 14.4 Å². The minimum absolute atomic E-state index is 0.0554. The van der Waals surface area contributed by atoms with Gasteiger partial charge in [0.1, 0.15) is 11.7 Å². The van der Waals surface area contributed by atoms with Gasteiger partial charge in [-0.25, -0.2) is 22.9 Å². The normalized spacial score (nSPS) is 21.3. The van der Waals surface area contributed by atoms with E-state index in [1.165, 1.54) is 0 Å². The summed E-state index contributed by atoms with van der Waals surface area (Å²) >= 11 is 0. The number of amides is 1. The average molecular weight is 621 g/mol. The van der Waals surface area contributed by atoms with E-state index in [0.29, 0.717) is 31.1 Å². The third-order valence-electron chi connectivity index (χ3n) is 8.28. The lowest BCUT2D eigenvalue weighted by Crippen LogP contribution is -2.42. The van der Waals surface area contributed by atoms with Crippen molar-refractivity contribution in [3.8, 4) is 17.1 Å². The molecule has 3 aromatic rings. The first-order valence-electron chi connectivity index (χ1n) is 15.4. The van der Waals surface area contributed by atoms with Crippen molar-refractivity contribution in [2.24, 2.45) is 11.8 Å². The van der Waals surface area contributed by atoms with Crippen LogP contribution in [0.2, 0.25) is 0 Å². The molecule has 2 aliphatic rings. The fourth-order valence-corrected chi connectivity index (χ4v) is 7.23. The lowest BCUT2D eigenvalue weighted by molar-refractivity contribution is 0.0169. The summed E-state index contributed by atoms with van der Waals surface area (Å²) in [7, 11) is -4.01. The Bertz CT molecular complexity index is 1610. The third kappa shape index (κ3) is 7.34. The van der Waals surface area contributed by atoms with Crippen molar-refractivity contribution in [1.82, 2.24) is 14.9 Å². The predicted molar refractivity (Wildman–Crippen MR) is 171 cm³/mol. The summed E-state index contributed by atoms with van der Waals surface area (Å²) in [6.45, 7) is 14.7. The van der Waals surface area contributed by atoms with E-state index < -0.39 is 21.7 Å². The summed E-state index contributed by atoms with van der Waals surface area (Å²) in [5.41, 5.74) is 3.69. The van der Waals surface area contributed by atoms with E-state index >= 15 is 0 Å². The molecule has 1 unspecified atom stereocenters. The van der Waals surface area contributed by atoms with Crippen LogP contribution in [0.15, 0.2) is 53.4 Å². The molecule has 44 heavy (non-hydrogen) atoms. The zero-order valence-electron chi connectivity index (χ0n) is 26.8. The van der Waals surface area contributed by atoms with Crippen molar-refractivity contribution in [3.63, 3.8) is 0 Å². The van der Waals surface area contributed by atoms with Crippen molar-refractivity contribution in [1.29, 1.82) is 0 Å². The van der Waals surface area contributed by atoms with Crippen molar-refractivity contribution in [2.45, 2.75) is 90.2 Å². The van der Waals surface area contributed by atoms with Crippen molar-refractivity contribution >= 4 is 22.1 Å². The number of hydrogen-bond acceptors (Lipinski definition) is 7. The number of carbonyl (C=O) groups excluding carboxylic acids is 1. The quantitative estimate of drug-likeness (QED) is 0.331. The summed E-state index contributed by atoms with van der Waals surface area (Å²) in [6, 6.07) is 14.8. The first-order valence-corrected chi connectivity index (χ1v) is 16.9. The van der Waals surface area contributed by atoms with Crippen LogP contribution in [0.1, 0.15) is 76.5 Å². The van der Waals surface area contributed by atoms with E-state index in [1.54, 1.807) is 29.2 Å². The molecule has 10 heteroatoms. The molecule has 0 aliphatic carbocycles. The van der Waals surface area contributed by atoms with Crippen LogP contribution in [0.25, 0.3) is 11.3 Å². The highest BCUT2D eigenvalue weighted by Gasteiger charge is 2.38. The molecule has 5 rings (SSSR count). The fourth-order valence-electron chi connectivity index (χ4n) is 6.23. The minimum Gasteiger partial charge on any atom is -0.472 e. The number of fused-ring (bicyclic) bond motifs is 7. The van der Waals surface area contributed by atoms with E-state index in [2.05, 4.69) is 28.5 Å². The highest BCUT2D eigenvalue weighted by molar-refractivity contribution is 7.92. The van der Waals surface area contributed by atoms with Crippen LogP contribution in [0.5, 0.6) is 5.88 Å². The van der Waals surface area contributed by atoms with Crippen LogP contribution in [-0.4, -0.2) is 54.2 Å². The Kier molecular flexibility index (Phi) is 8.94. The van der Waals surface area contributed by atoms with Gasteiger partial charge in [0.05, 0.1) is 17.1 Å². The Labute approximate surface area is 261 Å². The van der Waals surface area contributed by atoms with Gasteiger partial charge in [0.15, 0.2) is 0 Å². The van der Waals surface area contributed by atoms with Gasteiger partial charge in [-0.2, -0.15) is 4.98 Å². The molecule has 2 aromatic carbocycles. The van der Waals surface area contributed by atoms with Gasteiger partial charge in [-0.1, -0.05) is 50.6 Å². The van der Waals surface area contributed by atoms with Gasteiger partial charge in [0.2, 0.25) is 11.8 Å². The first-order chi connectivity index (χ1) is 20.7. The van der Waals surface area contributed by atoms with E-state index in [4.69, 9.17) is 9.47 Å². The van der Waals surface area contributed by atoms with Crippen molar-refractivity contribution < 1.29 is 22.7 Å². The second-order valence-corrected chi connectivity index (χ2v) is 15.2. The summed E-state index contributed by atoms with van der Waals surface area (Å²) in [4.78, 5) is 24.6. The Hall–Kier alpha value is -3.66. The Balaban J connectivity index is 1.66. The number of sulfonamides is 1. The number of anilines is 1. The van der Waals surface area contributed by atoms with Crippen molar-refractivity contribution in [2.75, 3.05) is 17.8 Å². The number of rotatable bonds is 4. The zero-order chi connectivity index (χ0) is 31.8. The van der Waals surface area contributed by atoms with Crippen LogP contribution in [-0.2, 0) is 14.8 Å². The SMILES string of the molecule is Cc1cccc(C)c1-c1cc2nc(n1)NS(=O)(=O)c1cccc(c1)C1C[C@@H](CN(C(=O)OC(C)(C)C)C[C@@H]1CCC(C)C)O2. The Morgan fingerprint density at radius 2 is 1.77 bits per heavy atom. The molecule has 1 amide bonds. The summed E-state index contributed by atoms with van der Waals surface area (Å²) < 4.78 is 42.4. The van der Waals surface area contributed by atoms with Crippen LogP contribution >= 0.6 is 0 Å². The molecule has 3 atom stereocenters. The predicted octanol–water partition coefficient (Wildman–Crippen LogP) is 7.10. The highest BCUT2D eigenvalue weighted by Crippen LogP contribution is 2.39. The lowest BCUT2D eigenvalue weighted by atomic mass is 9.79. The molecule has 2 aliphatic heterocycles. The third-order valence-corrected chi connectivity index (χ3v) is 9.61. The molecule has 1 N–H and O–H groups in total. The second-order valence-electron chi connectivity index (χ2n) is 13.6. The maximum atomic E-state index is 13.7. The number of aromatic nitrogens is 2. The number of hydrogen-bond donors (Lipinski definition) is 1. The van der Waals surface area contributed by atoms with E-state index in [-0.39, 0.29) is 34.7 Å². The van der Waals surface area contributed by atoms with E-state index in [9.17, 15) is 13.2 Å². The van der Waals surface area contributed by atoms with Crippen LogP contribution in [0, 0.1) is 25.7 Å². The maximum Gasteiger partial charge on any atom is 0.410 e. The topological polar surface area (TPSA) is 111 Å². The first kappa shape index (κ1) is 31.8. The zero-order valence-corrected chi connectivity index (χ0v) is 27.6. The molecule has 236 valence electrons. The standard InChI is InChI=1S/C34H44N4O5S/c1-21(2)14-15-25-19-38(33(39)43-34(5,6)7)20-26-17-28(25)24-12-9-13-27(16-24)44(40,41)37-32-35-29(18-30(36-32)42-26)31-22(3)10-8-11-23(31)4/h8-13,16,18,21,25-26,28H,14-15,17,19-20H2,1-7H3,(H,35,36,37)/t25-,26-,28?/m0/s1. The van der Waals surface area contributed by atoms with Gasteiger partial charge in [0, 0.05) is 18.2 Å². The number of aryl methyl sites for hydroxylation is 2. The number of nitrogens with one attached hydrogen (secondary N) is 1. The molecule has 1 fully saturated rings. The largest absolute Gasteiger partial charge is 0.472 e. The van der Waals surface area contributed by atoms with Crippen LogP contribution in [0.4, 0.5) is 10.7 Å². The molecule has 1 saturated heterocycles. The van der Waals surface area contributed by atoms with Gasteiger partial charge in [-0.15, -0.1) is 0 Å². The van der Waals surface area contributed by atoms with E-state index in [1.807, 2.05) is 58.9 Å². The van der Waals surface area contributed by atoms with Gasteiger partial charge in [-0.3, -0.25) is 0 Å². The second kappa shape index (κ2) is 12.4. The van der Waals surface area contributed by atoms with E-state index in [0.717, 1.165) is 35.1 Å². The van der Waals surface area contributed by atoms with Gasteiger partial charge in [0.25, 0.3) is 10.0 Å². The number of carbonyl (C=O) groups is 1. The monoisotopic (exact) mass is 620 g/mol. The minimum atomic E-state index is -4.01. The molecular formula is C34H44N4O5S. The molecular weight excluding hydrogens is 576 g/mol. The summed E-state index contributed by atoms with van der Waals surface area (Å²) in [5.74, 6) is 0.659. The molecule has 0 spiro atoms. The Morgan fingerprint density at radius 3 is 2.45 bits per heavy atom. The average Bonchev–Trinajstić information content (AvgIpc) is 3.10. The number of likely N-dealkylation sites (tertiary alicyclic amines) is 1. The molecule has 0 radical (unpaired) electrons. The Morgan fingerprint density at radius 1 is 1.07 bits per heavy atom. The van der Waals surface area contributed by atoms with Crippen LogP contribution < -0.4 is 9.46 Å². The molecule has 1 aromatic heterocycles. The summed E-state index contributed by atoms with van der Waals surface area (Å²) in [5, 5.41) is 0. The number of benzene rings is 2. The van der Waals surface area contributed by atoms with Crippen molar-refractivity contribution in [3.05, 3.63) is 65.2 Å². The number of ether oxygens (including phenoxy) is 2. The lowest BCUT2D eigenvalue weighted by Gasteiger charge is -2.31. The van der Waals surface area contributed by atoms with Crippen LogP contribution in [0.3, 0.4) is 0 Å². The fraction of sp³-hybridized carbons (Fsp3) is 0.500. The highest BCUT2D eigenvalue weighted by atomic mass is 32.2. The molecule has 0 saturated carbocycles. The summed E-state index contributed by atoms with van der Waals surface area (Å²) in [6.07, 6.45) is 1.62. The number of nitrogens with zero attached hydrogens (tertiary/aromatic N) is 3.